The van der Waals surface area contributed by atoms with Crippen LogP contribution in [0.2, 0.25) is 0 Å². The molecule has 0 aromatic carbocycles. The number of fused-ring (bicyclic) bond motifs is 1. The van der Waals surface area contributed by atoms with Gasteiger partial charge >= 0.3 is 13.6 Å². The number of rotatable bonds is 1. The van der Waals surface area contributed by atoms with E-state index in [1.165, 1.54) is 0 Å². The van der Waals surface area contributed by atoms with Crippen molar-refractivity contribution in [3.63, 3.8) is 0 Å². The van der Waals surface area contributed by atoms with Crippen molar-refractivity contribution in [1.29, 1.82) is 0 Å². The molecule has 0 saturated heterocycles. The second-order valence-electron chi connectivity index (χ2n) is 5.31. The molecule has 0 saturated carbocycles. The number of amides is 1. The van der Waals surface area contributed by atoms with Crippen LogP contribution in [0.25, 0.3) is 0 Å². The number of hydrogen-bond acceptors (Lipinski definition) is 4. The van der Waals surface area contributed by atoms with E-state index in [-0.39, 0.29) is 6.09 Å². The Bertz CT molecular complexity index is 453. The predicted molar refractivity (Wildman–Crippen MR) is 66.5 cm³/mol. The predicted octanol–water partition coefficient (Wildman–Crippen LogP) is -0.129. The minimum absolute atomic E-state index is 0.315. The van der Waals surface area contributed by atoms with Gasteiger partial charge in [-0.1, -0.05) is 0 Å². The van der Waals surface area contributed by atoms with Crippen LogP contribution in [0, 0.1) is 0 Å². The van der Waals surface area contributed by atoms with Gasteiger partial charge < -0.3 is 14.7 Å². The van der Waals surface area contributed by atoms with Crippen molar-refractivity contribution in [1.82, 2.24) is 14.7 Å². The van der Waals surface area contributed by atoms with Crippen LogP contribution in [0.1, 0.15) is 26.5 Å². The SMILES string of the molecule is CC(C)(C)OC(=O)N1CCn2nc([B]O)cc2C1. The van der Waals surface area contributed by atoms with Crippen molar-refractivity contribution in [3.8, 4) is 0 Å². The highest BCUT2D eigenvalue weighted by Crippen LogP contribution is 2.15. The van der Waals surface area contributed by atoms with Crippen LogP contribution in [0.5, 0.6) is 0 Å². The average Bonchev–Trinajstić information content (AvgIpc) is 2.68. The lowest BCUT2D eigenvalue weighted by molar-refractivity contribution is 0.0194. The maximum Gasteiger partial charge on any atom is 0.410 e. The molecule has 0 spiro atoms. The Kier molecular flexibility index (Phi) is 3.34. The van der Waals surface area contributed by atoms with Crippen LogP contribution >= 0.6 is 0 Å². The van der Waals surface area contributed by atoms with Crippen LogP contribution < -0.4 is 5.59 Å². The van der Waals surface area contributed by atoms with Gasteiger partial charge in [0.05, 0.1) is 24.4 Å². The second-order valence-corrected chi connectivity index (χ2v) is 5.31. The third kappa shape index (κ3) is 2.84. The van der Waals surface area contributed by atoms with E-state index in [1.807, 2.05) is 20.8 Å². The summed E-state index contributed by atoms with van der Waals surface area (Å²) in [5.41, 5.74) is 0.919. The van der Waals surface area contributed by atoms with E-state index in [0.717, 1.165) is 13.2 Å². The molecule has 2 rings (SSSR count). The summed E-state index contributed by atoms with van der Waals surface area (Å²) in [6, 6.07) is 1.76. The quantitative estimate of drug-likeness (QED) is 0.705. The maximum absolute atomic E-state index is 11.9. The fourth-order valence-corrected chi connectivity index (χ4v) is 1.83. The number of carbonyl (C=O) groups is 1. The third-order valence-corrected chi connectivity index (χ3v) is 2.60. The zero-order valence-corrected chi connectivity index (χ0v) is 10.9. The molecule has 0 bridgehead atoms. The zero-order chi connectivity index (χ0) is 13.3. The van der Waals surface area contributed by atoms with Crippen LogP contribution in [0.3, 0.4) is 0 Å². The summed E-state index contributed by atoms with van der Waals surface area (Å²) in [4.78, 5) is 13.6. The minimum atomic E-state index is -0.487. The second kappa shape index (κ2) is 4.64. The van der Waals surface area contributed by atoms with Gasteiger partial charge in [0, 0.05) is 6.54 Å². The highest BCUT2D eigenvalue weighted by molar-refractivity contribution is 6.44. The molecule has 7 heteroatoms. The van der Waals surface area contributed by atoms with E-state index >= 15 is 0 Å². The van der Waals surface area contributed by atoms with Gasteiger partial charge in [0.2, 0.25) is 0 Å². The molecule has 1 aromatic rings. The molecule has 1 radical (unpaired) electrons. The summed E-state index contributed by atoms with van der Waals surface area (Å²) in [6.45, 7) is 7.17. The van der Waals surface area contributed by atoms with Crippen LogP contribution in [-0.2, 0) is 17.8 Å². The molecule has 18 heavy (non-hydrogen) atoms. The Hall–Kier alpha value is -1.50. The van der Waals surface area contributed by atoms with Crippen molar-refractivity contribution >= 4 is 19.2 Å². The molecule has 1 aliphatic rings. The molecule has 1 amide bonds. The largest absolute Gasteiger partial charge is 0.449 e. The fourth-order valence-electron chi connectivity index (χ4n) is 1.83. The summed E-state index contributed by atoms with van der Waals surface area (Å²) in [6.07, 6.45) is -0.315. The summed E-state index contributed by atoms with van der Waals surface area (Å²) in [7, 11) is 0.961. The molecule has 2 heterocycles. The van der Waals surface area contributed by atoms with Crippen LogP contribution in [0.4, 0.5) is 4.79 Å². The normalized spacial score (nSPS) is 15.2. The molecule has 1 N–H and O–H groups in total. The molecule has 97 valence electrons. The molecule has 0 fully saturated rings. The fraction of sp³-hybridized carbons (Fsp3) is 0.636. The Morgan fingerprint density at radius 2 is 2.22 bits per heavy atom. The van der Waals surface area contributed by atoms with Crippen molar-refractivity contribution in [2.24, 2.45) is 0 Å². The molecular formula is C11H17BN3O3. The molecule has 6 nitrogen and oxygen atoms in total. The van der Waals surface area contributed by atoms with Gasteiger partial charge in [-0.3, -0.25) is 4.68 Å². The first-order valence-electron chi connectivity index (χ1n) is 5.91. The lowest BCUT2D eigenvalue weighted by Gasteiger charge is -2.30. The van der Waals surface area contributed by atoms with Gasteiger partial charge in [0.25, 0.3) is 0 Å². The molecule has 0 atom stereocenters. The van der Waals surface area contributed by atoms with E-state index in [0.29, 0.717) is 25.2 Å². The van der Waals surface area contributed by atoms with E-state index < -0.39 is 5.60 Å². The highest BCUT2D eigenvalue weighted by Gasteiger charge is 2.26. The molecule has 0 unspecified atom stereocenters. The number of aromatic nitrogens is 2. The van der Waals surface area contributed by atoms with Crippen molar-refractivity contribution in [2.45, 2.75) is 39.5 Å². The van der Waals surface area contributed by atoms with E-state index in [4.69, 9.17) is 9.76 Å². The first kappa shape index (κ1) is 12.9. The molecule has 1 aliphatic heterocycles. The summed E-state index contributed by atoms with van der Waals surface area (Å²) < 4.78 is 7.12. The lowest BCUT2D eigenvalue weighted by atomic mass is 9.96. The number of carbonyl (C=O) groups excluding carboxylic acids is 1. The van der Waals surface area contributed by atoms with E-state index in [1.54, 1.807) is 15.6 Å². The zero-order valence-electron chi connectivity index (χ0n) is 10.9. The van der Waals surface area contributed by atoms with Crippen LogP contribution in [-0.4, -0.2) is 45.4 Å². The average molecular weight is 250 g/mol. The standard InChI is InChI=1S/C11H17BN3O3/c1-11(2,3)18-10(16)14-4-5-15-8(7-14)6-9(12-17)13-15/h6,17H,4-5,7H2,1-3H3. The number of hydrogen-bond donors (Lipinski definition) is 1. The first-order chi connectivity index (χ1) is 8.39. The maximum atomic E-state index is 11.9. The molecule has 1 aromatic heterocycles. The van der Waals surface area contributed by atoms with E-state index in [9.17, 15) is 4.79 Å². The van der Waals surface area contributed by atoms with E-state index in [2.05, 4.69) is 5.10 Å². The monoisotopic (exact) mass is 250 g/mol. The van der Waals surface area contributed by atoms with Gasteiger partial charge in [-0.05, 0) is 26.8 Å². The topological polar surface area (TPSA) is 67.6 Å². The van der Waals surface area contributed by atoms with Gasteiger partial charge in [-0.2, -0.15) is 5.10 Å². The van der Waals surface area contributed by atoms with Gasteiger partial charge in [0.1, 0.15) is 5.60 Å². The Balaban J connectivity index is 2.05. The minimum Gasteiger partial charge on any atom is -0.449 e. The lowest BCUT2D eigenvalue weighted by Crippen LogP contribution is -2.41. The Labute approximate surface area is 107 Å². The summed E-state index contributed by atoms with van der Waals surface area (Å²) in [5, 5.41) is 13.1. The summed E-state index contributed by atoms with van der Waals surface area (Å²) in [5.74, 6) is 0. The van der Waals surface area contributed by atoms with Gasteiger partial charge in [0.15, 0.2) is 0 Å². The number of nitrogens with zero attached hydrogens (tertiary/aromatic N) is 3. The Morgan fingerprint density at radius 1 is 1.50 bits per heavy atom. The highest BCUT2D eigenvalue weighted by atomic mass is 16.6. The summed E-state index contributed by atoms with van der Waals surface area (Å²) >= 11 is 0. The van der Waals surface area contributed by atoms with Gasteiger partial charge in [-0.25, -0.2) is 4.79 Å². The van der Waals surface area contributed by atoms with Crippen molar-refractivity contribution < 1.29 is 14.6 Å². The molecule has 0 aliphatic carbocycles. The van der Waals surface area contributed by atoms with Crippen molar-refractivity contribution in [3.05, 3.63) is 11.8 Å². The molecular weight excluding hydrogens is 233 g/mol. The van der Waals surface area contributed by atoms with Crippen molar-refractivity contribution in [2.75, 3.05) is 6.54 Å². The van der Waals surface area contributed by atoms with Gasteiger partial charge in [-0.15, -0.1) is 0 Å². The first-order valence-corrected chi connectivity index (χ1v) is 5.91. The smallest absolute Gasteiger partial charge is 0.410 e. The number of ether oxygens (including phenoxy) is 1. The third-order valence-electron chi connectivity index (χ3n) is 2.60. The Morgan fingerprint density at radius 3 is 2.83 bits per heavy atom. The van der Waals surface area contributed by atoms with Crippen LogP contribution in [0.15, 0.2) is 6.07 Å².